The van der Waals surface area contributed by atoms with Crippen molar-refractivity contribution >= 4 is 21.7 Å². The number of Topliss-reactive ketones (excluding diaryl/α,β-unsaturated/α-hetero) is 1. The van der Waals surface area contributed by atoms with Gasteiger partial charge in [0.25, 0.3) is 5.91 Å². The predicted molar refractivity (Wildman–Crippen MR) is 133 cm³/mol. The Kier molecular flexibility index (Phi) is 8.83. The van der Waals surface area contributed by atoms with Crippen molar-refractivity contribution in [1.29, 1.82) is 0 Å². The lowest BCUT2D eigenvalue weighted by molar-refractivity contribution is 0.0724. The molecule has 10 nitrogen and oxygen atoms in total. The van der Waals surface area contributed by atoms with Crippen LogP contribution in [0.3, 0.4) is 0 Å². The molecule has 0 spiro atoms. The molecule has 1 heterocycles. The molecule has 36 heavy (non-hydrogen) atoms. The summed E-state index contributed by atoms with van der Waals surface area (Å²) in [5, 5.41) is 8.60. The summed E-state index contributed by atoms with van der Waals surface area (Å²) >= 11 is 0. The van der Waals surface area contributed by atoms with Gasteiger partial charge in [-0.3, -0.25) is 9.59 Å². The minimum atomic E-state index is -4.01. The highest BCUT2D eigenvalue weighted by atomic mass is 32.2. The molecule has 0 fully saturated rings. The van der Waals surface area contributed by atoms with Gasteiger partial charge in [0.15, 0.2) is 11.5 Å². The molecule has 2 aromatic carbocycles. The monoisotopic (exact) mass is 515 g/mol. The zero-order valence-corrected chi connectivity index (χ0v) is 21.2. The fraction of sp³-hybridized carbons (Fsp3) is 0.320. The van der Waals surface area contributed by atoms with Crippen molar-refractivity contribution in [3.8, 4) is 11.5 Å². The fourth-order valence-electron chi connectivity index (χ4n) is 3.73. The van der Waals surface area contributed by atoms with Gasteiger partial charge < -0.3 is 18.9 Å². The summed E-state index contributed by atoms with van der Waals surface area (Å²) in [7, 11) is -0.977. The van der Waals surface area contributed by atoms with Crippen LogP contribution in [-0.2, 0) is 23.0 Å². The fourth-order valence-corrected chi connectivity index (χ4v) is 4.24. The molecule has 0 aliphatic heterocycles. The quantitative estimate of drug-likeness (QED) is 0.363. The van der Waals surface area contributed by atoms with Gasteiger partial charge in [0.05, 0.1) is 20.8 Å². The molecular formula is C25H29N3O7S. The van der Waals surface area contributed by atoms with Crippen LogP contribution in [0.15, 0.2) is 53.1 Å². The van der Waals surface area contributed by atoms with Crippen LogP contribution in [0.2, 0.25) is 0 Å². The summed E-state index contributed by atoms with van der Waals surface area (Å²) in [5.41, 5.74) is 2.09. The number of nitrogens with two attached hydrogens (primary N) is 1. The van der Waals surface area contributed by atoms with Crippen LogP contribution in [0.25, 0.3) is 0 Å². The Balaban J connectivity index is 1.84. The molecule has 1 amide bonds. The van der Waals surface area contributed by atoms with E-state index in [-0.39, 0.29) is 23.9 Å². The number of aryl methyl sites for hydroxylation is 1. The van der Waals surface area contributed by atoms with Gasteiger partial charge in [-0.15, -0.1) is 0 Å². The van der Waals surface area contributed by atoms with Crippen LogP contribution in [0, 0.1) is 6.92 Å². The smallest absolute Gasteiger partial charge is 0.254 e. The number of methoxy groups -OCH3 is 2. The first-order chi connectivity index (χ1) is 17.1. The number of hydrogen-bond acceptors (Lipinski definition) is 8. The van der Waals surface area contributed by atoms with E-state index in [4.69, 9.17) is 19.1 Å². The van der Waals surface area contributed by atoms with Crippen molar-refractivity contribution in [1.82, 2.24) is 10.1 Å². The highest BCUT2D eigenvalue weighted by Crippen LogP contribution is 2.30. The van der Waals surface area contributed by atoms with Gasteiger partial charge >= 0.3 is 0 Å². The Hall–Kier alpha value is -3.70. The van der Waals surface area contributed by atoms with E-state index in [1.54, 1.807) is 17.0 Å². The lowest BCUT2D eigenvalue weighted by Crippen LogP contribution is -2.32. The largest absolute Gasteiger partial charge is 0.496 e. The van der Waals surface area contributed by atoms with E-state index in [2.05, 4.69) is 5.16 Å². The number of aromatic nitrogens is 1. The maximum atomic E-state index is 13.6. The summed E-state index contributed by atoms with van der Waals surface area (Å²) in [6, 6.07) is 14.5. The third-order valence-electron chi connectivity index (χ3n) is 5.55. The average Bonchev–Trinajstić information content (AvgIpc) is 3.31. The van der Waals surface area contributed by atoms with Crippen molar-refractivity contribution in [3.05, 3.63) is 76.7 Å². The third kappa shape index (κ3) is 7.15. The number of carbonyl (C=O) groups excluding carboxylic acids is 2. The molecule has 3 rings (SSSR count). The number of ketones is 1. The van der Waals surface area contributed by atoms with Gasteiger partial charge in [-0.05, 0) is 37.5 Å². The van der Waals surface area contributed by atoms with Crippen LogP contribution in [0.4, 0.5) is 0 Å². The zero-order valence-electron chi connectivity index (χ0n) is 20.4. The molecule has 3 aromatic rings. The van der Waals surface area contributed by atoms with E-state index in [0.717, 1.165) is 17.5 Å². The summed E-state index contributed by atoms with van der Waals surface area (Å²) < 4.78 is 38.5. The van der Waals surface area contributed by atoms with Gasteiger partial charge in [0, 0.05) is 23.7 Å². The summed E-state index contributed by atoms with van der Waals surface area (Å²) in [4.78, 5) is 27.3. The third-order valence-corrected chi connectivity index (χ3v) is 6.21. The van der Waals surface area contributed by atoms with Crippen LogP contribution in [0.5, 0.6) is 11.5 Å². The van der Waals surface area contributed by atoms with Crippen molar-refractivity contribution in [2.75, 3.05) is 26.5 Å². The Bertz CT molecular complexity index is 1300. The topological polar surface area (TPSA) is 142 Å². The molecule has 0 aliphatic rings. The molecule has 192 valence electrons. The van der Waals surface area contributed by atoms with E-state index in [9.17, 15) is 18.0 Å². The van der Waals surface area contributed by atoms with Gasteiger partial charge in [-0.25, -0.2) is 13.6 Å². The van der Waals surface area contributed by atoms with Gasteiger partial charge in [0.1, 0.15) is 17.3 Å². The van der Waals surface area contributed by atoms with Crippen LogP contribution < -0.4 is 14.6 Å². The molecule has 0 saturated heterocycles. The first-order valence-corrected chi connectivity index (χ1v) is 12.9. The number of amides is 1. The zero-order chi connectivity index (χ0) is 26.3. The van der Waals surface area contributed by atoms with Crippen LogP contribution >= 0.6 is 0 Å². The number of hydrogen-bond donors (Lipinski definition) is 1. The van der Waals surface area contributed by atoms with Gasteiger partial charge in [-0.1, -0.05) is 35.5 Å². The number of rotatable bonds is 12. The summed E-state index contributed by atoms with van der Waals surface area (Å²) in [6.45, 7) is 2.23. The van der Waals surface area contributed by atoms with Crippen LogP contribution in [0.1, 0.15) is 44.2 Å². The molecule has 11 heteroatoms. The first kappa shape index (κ1) is 26.9. The maximum absolute atomic E-state index is 13.6. The second-order valence-electron chi connectivity index (χ2n) is 8.23. The number of primary sulfonamides is 1. The van der Waals surface area contributed by atoms with E-state index in [1.807, 2.05) is 37.3 Å². The summed E-state index contributed by atoms with van der Waals surface area (Å²) in [6.07, 6.45) is 1.42. The number of benzene rings is 2. The number of nitrogens with zero attached hydrogens (tertiary/aromatic N) is 2. The molecule has 1 aromatic heterocycles. The van der Waals surface area contributed by atoms with Crippen molar-refractivity contribution in [2.45, 2.75) is 26.3 Å². The lowest BCUT2D eigenvalue weighted by Gasteiger charge is -2.22. The molecular weight excluding hydrogens is 486 g/mol. The molecule has 0 bridgehead atoms. The van der Waals surface area contributed by atoms with E-state index < -0.39 is 21.6 Å². The predicted octanol–water partition coefficient (Wildman–Crippen LogP) is 2.75. The molecule has 0 radical (unpaired) electrons. The maximum Gasteiger partial charge on any atom is 0.254 e. The Morgan fingerprint density at radius 1 is 1.06 bits per heavy atom. The number of ether oxygens (including phenoxy) is 2. The van der Waals surface area contributed by atoms with Crippen molar-refractivity contribution in [2.24, 2.45) is 5.14 Å². The lowest BCUT2D eigenvalue weighted by atomic mass is 10.1. The summed E-state index contributed by atoms with van der Waals surface area (Å²) in [5.74, 6) is -0.723. The molecule has 2 N–H and O–H groups in total. The Morgan fingerprint density at radius 2 is 1.69 bits per heavy atom. The SMILES string of the molecule is COc1cc(C(=O)N(CCCc2ccccc2)Cc2cc(C(=O)CS(N)(=O)=O)no2)cc(OC)c1C. The van der Waals surface area contributed by atoms with Crippen molar-refractivity contribution < 1.29 is 32.0 Å². The number of carbonyl (C=O) groups is 2. The number of sulfonamides is 1. The molecule has 0 aliphatic carbocycles. The molecule has 0 unspecified atom stereocenters. The minimum Gasteiger partial charge on any atom is -0.496 e. The normalized spacial score (nSPS) is 11.2. The van der Waals surface area contributed by atoms with Crippen molar-refractivity contribution in [3.63, 3.8) is 0 Å². The first-order valence-electron chi connectivity index (χ1n) is 11.2. The molecule has 0 atom stereocenters. The second-order valence-corrected chi connectivity index (χ2v) is 9.84. The van der Waals surface area contributed by atoms with Crippen LogP contribution in [-0.4, -0.2) is 56.7 Å². The van der Waals surface area contributed by atoms with E-state index >= 15 is 0 Å². The molecule has 0 saturated carbocycles. The highest BCUT2D eigenvalue weighted by Gasteiger charge is 2.23. The van der Waals surface area contributed by atoms with Gasteiger partial charge in [0.2, 0.25) is 15.8 Å². The second kappa shape index (κ2) is 11.8. The van der Waals surface area contributed by atoms with E-state index in [0.29, 0.717) is 30.0 Å². The van der Waals surface area contributed by atoms with E-state index in [1.165, 1.54) is 20.3 Å². The minimum absolute atomic E-state index is 0.0157. The Morgan fingerprint density at radius 3 is 2.28 bits per heavy atom. The standard InChI is InChI=1S/C25H29N3O7S/c1-17-23(33-2)12-19(13-24(17)34-3)25(30)28(11-7-10-18-8-5-4-6-9-18)15-20-14-21(27-35-20)22(29)16-36(26,31)32/h4-6,8-9,12-14H,7,10-11,15-16H2,1-3H3,(H2,26,31,32). The average molecular weight is 516 g/mol. The van der Waals surface area contributed by atoms with Gasteiger partial charge in [-0.2, -0.15) is 0 Å². The highest BCUT2D eigenvalue weighted by molar-refractivity contribution is 7.89. The Labute approximate surface area is 210 Å².